The van der Waals surface area contributed by atoms with Gasteiger partial charge in [0.1, 0.15) is 10.7 Å². The minimum atomic E-state index is -3.46. The molecule has 134 valence electrons. The molecule has 0 saturated carbocycles. The minimum absolute atomic E-state index is 0.187. The van der Waals surface area contributed by atoms with Crippen molar-refractivity contribution in [2.45, 2.75) is 17.7 Å². The van der Waals surface area contributed by atoms with Gasteiger partial charge in [0.2, 0.25) is 10.0 Å². The summed E-state index contributed by atoms with van der Waals surface area (Å²) in [5.74, 6) is 1.06. The highest BCUT2D eigenvalue weighted by Gasteiger charge is 2.28. The number of aromatic nitrogens is 1. The number of piperazine rings is 1. The Hall–Kier alpha value is -1.22. The number of piperidine rings is 1. The summed E-state index contributed by atoms with van der Waals surface area (Å²) >= 11 is 0. The van der Waals surface area contributed by atoms with Crippen molar-refractivity contribution >= 4 is 15.8 Å². The van der Waals surface area contributed by atoms with Gasteiger partial charge in [-0.2, -0.15) is 4.31 Å². The fourth-order valence-corrected chi connectivity index (χ4v) is 4.68. The van der Waals surface area contributed by atoms with Crippen LogP contribution in [0.25, 0.3) is 0 Å². The van der Waals surface area contributed by atoms with Crippen LogP contribution in [0.4, 0.5) is 5.82 Å². The molecule has 3 rings (SSSR count). The molecule has 1 atom stereocenters. The van der Waals surface area contributed by atoms with Crippen molar-refractivity contribution in [1.29, 1.82) is 0 Å². The SMILES string of the molecule is CN1CCN(S(=O)(=O)c2ccc(N3CCC[C@@H](CO)C3)nc2)CC1. The molecule has 0 amide bonds. The van der Waals surface area contributed by atoms with Gasteiger partial charge in [-0.1, -0.05) is 0 Å². The Kier molecular flexibility index (Phi) is 5.39. The number of hydrogen-bond donors (Lipinski definition) is 1. The van der Waals surface area contributed by atoms with E-state index in [1.54, 1.807) is 12.1 Å². The molecule has 0 radical (unpaired) electrons. The lowest BCUT2D eigenvalue weighted by atomic mass is 9.99. The van der Waals surface area contributed by atoms with E-state index in [1.807, 2.05) is 7.05 Å². The number of sulfonamides is 1. The monoisotopic (exact) mass is 354 g/mol. The van der Waals surface area contributed by atoms with Crippen LogP contribution < -0.4 is 4.90 Å². The van der Waals surface area contributed by atoms with E-state index in [1.165, 1.54) is 10.5 Å². The Morgan fingerprint density at radius 3 is 2.58 bits per heavy atom. The number of nitrogens with zero attached hydrogens (tertiary/aromatic N) is 4. The van der Waals surface area contributed by atoms with Gasteiger partial charge >= 0.3 is 0 Å². The summed E-state index contributed by atoms with van der Waals surface area (Å²) < 4.78 is 26.9. The molecule has 0 aliphatic carbocycles. The average Bonchev–Trinajstić information content (AvgIpc) is 2.62. The summed E-state index contributed by atoms with van der Waals surface area (Å²) in [6.45, 7) is 4.40. The lowest BCUT2D eigenvalue weighted by Gasteiger charge is -2.33. The van der Waals surface area contributed by atoms with E-state index in [-0.39, 0.29) is 17.4 Å². The summed E-state index contributed by atoms with van der Waals surface area (Å²) in [5, 5.41) is 9.33. The molecular weight excluding hydrogens is 328 g/mol. The molecule has 1 aromatic rings. The van der Waals surface area contributed by atoms with Gasteiger partial charge in [0.25, 0.3) is 0 Å². The fourth-order valence-electron chi connectivity index (χ4n) is 3.31. The highest BCUT2D eigenvalue weighted by Crippen LogP contribution is 2.23. The van der Waals surface area contributed by atoms with E-state index in [0.717, 1.165) is 44.8 Å². The summed E-state index contributed by atoms with van der Waals surface area (Å²) in [4.78, 5) is 8.88. The summed E-state index contributed by atoms with van der Waals surface area (Å²) in [6.07, 6.45) is 3.52. The lowest BCUT2D eigenvalue weighted by molar-refractivity contribution is 0.208. The quantitative estimate of drug-likeness (QED) is 0.834. The molecular formula is C16H26N4O3S. The molecule has 0 aromatic carbocycles. The molecule has 24 heavy (non-hydrogen) atoms. The van der Waals surface area contributed by atoms with Gasteiger partial charge in [-0.3, -0.25) is 0 Å². The van der Waals surface area contributed by atoms with Crippen molar-refractivity contribution in [2.75, 3.05) is 57.8 Å². The minimum Gasteiger partial charge on any atom is -0.396 e. The second kappa shape index (κ2) is 7.35. The summed E-state index contributed by atoms with van der Waals surface area (Å²) in [5.41, 5.74) is 0. The molecule has 3 heterocycles. The van der Waals surface area contributed by atoms with Gasteiger partial charge in [0.15, 0.2) is 0 Å². The largest absolute Gasteiger partial charge is 0.396 e. The first-order valence-corrected chi connectivity index (χ1v) is 9.95. The molecule has 0 spiro atoms. The van der Waals surface area contributed by atoms with Crippen LogP contribution in [-0.4, -0.2) is 80.6 Å². The smallest absolute Gasteiger partial charge is 0.244 e. The van der Waals surface area contributed by atoms with Crippen LogP contribution >= 0.6 is 0 Å². The average molecular weight is 354 g/mol. The van der Waals surface area contributed by atoms with E-state index >= 15 is 0 Å². The number of pyridine rings is 1. The first-order chi connectivity index (χ1) is 11.5. The number of hydrogen-bond acceptors (Lipinski definition) is 6. The highest BCUT2D eigenvalue weighted by atomic mass is 32.2. The first-order valence-electron chi connectivity index (χ1n) is 8.51. The van der Waals surface area contributed by atoms with Gasteiger partial charge in [0.05, 0.1) is 0 Å². The Morgan fingerprint density at radius 1 is 1.21 bits per heavy atom. The molecule has 2 aliphatic rings. The van der Waals surface area contributed by atoms with E-state index in [0.29, 0.717) is 13.1 Å². The van der Waals surface area contributed by atoms with Crippen molar-refractivity contribution < 1.29 is 13.5 Å². The van der Waals surface area contributed by atoms with E-state index in [2.05, 4.69) is 14.8 Å². The van der Waals surface area contributed by atoms with Crippen LogP contribution in [0, 0.1) is 5.92 Å². The third kappa shape index (κ3) is 3.72. The number of aliphatic hydroxyl groups excluding tert-OH is 1. The second-order valence-corrected chi connectivity index (χ2v) is 8.63. The number of anilines is 1. The molecule has 7 nitrogen and oxygen atoms in total. The van der Waals surface area contributed by atoms with Crippen molar-refractivity contribution in [1.82, 2.24) is 14.2 Å². The Balaban J connectivity index is 1.72. The molecule has 2 aliphatic heterocycles. The predicted molar refractivity (Wildman–Crippen MR) is 92.5 cm³/mol. The van der Waals surface area contributed by atoms with E-state index < -0.39 is 10.0 Å². The number of aliphatic hydroxyl groups is 1. The molecule has 8 heteroatoms. The Morgan fingerprint density at radius 2 is 1.96 bits per heavy atom. The molecule has 2 saturated heterocycles. The van der Waals surface area contributed by atoms with Crippen molar-refractivity contribution in [3.63, 3.8) is 0 Å². The van der Waals surface area contributed by atoms with Crippen LogP contribution in [0.3, 0.4) is 0 Å². The van der Waals surface area contributed by atoms with Gasteiger partial charge in [-0.25, -0.2) is 13.4 Å². The molecule has 1 N–H and O–H groups in total. The topological polar surface area (TPSA) is 77.0 Å². The Labute approximate surface area is 143 Å². The predicted octanol–water partition coefficient (Wildman–Crippen LogP) is 0.226. The van der Waals surface area contributed by atoms with E-state index in [4.69, 9.17) is 0 Å². The van der Waals surface area contributed by atoms with Crippen LogP contribution in [-0.2, 0) is 10.0 Å². The zero-order chi connectivity index (χ0) is 17.2. The van der Waals surface area contributed by atoms with Crippen LogP contribution in [0.15, 0.2) is 23.2 Å². The fraction of sp³-hybridized carbons (Fsp3) is 0.688. The maximum Gasteiger partial charge on any atom is 0.244 e. The number of likely N-dealkylation sites (N-methyl/N-ethyl adjacent to an activating group) is 1. The third-order valence-electron chi connectivity index (χ3n) is 4.92. The second-order valence-electron chi connectivity index (χ2n) is 6.70. The maximum absolute atomic E-state index is 12.7. The number of rotatable bonds is 4. The van der Waals surface area contributed by atoms with Gasteiger partial charge in [-0.05, 0) is 37.9 Å². The third-order valence-corrected chi connectivity index (χ3v) is 6.80. The van der Waals surface area contributed by atoms with Crippen molar-refractivity contribution in [2.24, 2.45) is 5.92 Å². The zero-order valence-corrected chi connectivity index (χ0v) is 15.0. The maximum atomic E-state index is 12.7. The van der Waals surface area contributed by atoms with Crippen LogP contribution in [0.5, 0.6) is 0 Å². The van der Waals surface area contributed by atoms with Crippen molar-refractivity contribution in [3.8, 4) is 0 Å². The molecule has 0 unspecified atom stereocenters. The summed E-state index contributed by atoms with van der Waals surface area (Å²) in [7, 11) is -1.46. The standard InChI is InChI=1S/C16H26N4O3S/c1-18-7-9-20(10-8-18)24(22,23)15-4-5-16(17-11-15)19-6-2-3-14(12-19)13-21/h4-5,11,14,21H,2-3,6-10,12-13H2,1H3/t14-/m1/s1. The summed E-state index contributed by atoms with van der Waals surface area (Å²) in [6, 6.07) is 3.43. The van der Waals surface area contributed by atoms with E-state index in [9.17, 15) is 13.5 Å². The van der Waals surface area contributed by atoms with Gasteiger partial charge in [-0.15, -0.1) is 0 Å². The highest BCUT2D eigenvalue weighted by molar-refractivity contribution is 7.89. The normalized spacial score (nSPS) is 24.2. The Bertz CT molecular complexity index is 642. The molecule has 0 bridgehead atoms. The lowest BCUT2D eigenvalue weighted by Crippen LogP contribution is -2.47. The van der Waals surface area contributed by atoms with Crippen LogP contribution in [0.2, 0.25) is 0 Å². The first kappa shape index (κ1) is 17.6. The van der Waals surface area contributed by atoms with Gasteiger partial charge < -0.3 is 14.9 Å². The van der Waals surface area contributed by atoms with Crippen molar-refractivity contribution in [3.05, 3.63) is 18.3 Å². The van der Waals surface area contributed by atoms with Gasteiger partial charge in [0, 0.05) is 52.1 Å². The molecule has 2 fully saturated rings. The zero-order valence-electron chi connectivity index (χ0n) is 14.1. The van der Waals surface area contributed by atoms with Crippen LogP contribution in [0.1, 0.15) is 12.8 Å². The molecule has 1 aromatic heterocycles.